The molecule has 21 heavy (non-hydrogen) atoms. The van der Waals surface area contributed by atoms with Gasteiger partial charge in [0.15, 0.2) is 0 Å². The molecule has 0 heterocycles. The second-order valence-corrected chi connectivity index (χ2v) is 6.65. The van der Waals surface area contributed by atoms with E-state index in [9.17, 15) is 8.42 Å². The molecule has 112 valence electrons. The van der Waals surface area contributed by atoms with E-state index < -0.39 is 10.0 Å². The summed E-state index contributed by atoms with van der Waals surface area (Å²) in [6, 6.07) is 12.2. The van der Waals surface area contributed by atoms with Crippen molar-refractivity contribution in [3.63, 3.8) is 0 Å². The van der Waals surface area contributed by atoms with Gasteiger partial charge in [-0.05, 0) is 43.2 Å². The Morgan fingerprint density at radius 1 is 1.05 bits per heavy atom. The second kappa shape index (κ2) is 6.28. The van der Waals surface area contributed by atoms with Gasteiger partial charge < -0.3 is 4.74 Å². The van der Waals surface area contributed by atoms with Crippen LogP contribution in [-0.2, 0) is 16.6 Å². The van der Waals surface area contributed by atoms with E-state index in [4.69, 9.17) is 4.74 Å². The lowest BCUT2D eigenvalue weighted by Crippen LogP contribution is -2.23. The van der Waals surface area contributed by atoms with E-state index >= 15 is 0 Å². The number of sulfonamides is 1. The highest BCUT2D eigenvalue weighted by Gasteiger charge is 2.14. The number of rotatable bonds is 5. The average molecular weight is 305 g/mol. The van der Waals surface area contributed by atoms with Gasteiger partial charge in [0.1, 0.15) is 5.75 Å². The van der Waals surface area contributed by atoms with Crippen molar-refractivity contribution >= 4 is 10.0 Å². The fourth-order valence-electron chi connectivity index (χ4n) is 2.03. The molecular formula is C16H19NO3S. The third kappa shape index (κ3) is 3.62. The minimum absolute atomic E-state index is 0.196. The molecule has 0 aliphatic carbocycles. The Labute approximate surface area is 125 Å². The fraction of sp³-hybridized carbons (Fsp3) is 0.250. The summed E-state index contributed by atoms with van der Waals surface area (Å²) in [6.45, 7) is 4.18. The molecule has 2 aromatic carbocycles. The molecule has 2 aromatic rings. The lowest BCUT2D eigenvalue weighted by molar-refractivity contribution is 0.408. The Bertz CT molecular complexity index is 725. The molecule has 0 atom stereocenters. The minimum Gasteiger partial charge on any atom is -0.496 e. The Balaban J connectivity index is 2.22. The summed E-state index contributed by atoms with van der Waals surface area (Å²) in [6.07, 6.45) is 0. The van der Waals surface area contributed by atoms with E-state index in [1.165, 1.54) is 0 Å². The molecule has 0 radical (unpaired) electrons. The van der Waals surface area contributed by atoms with Gasteiger partial charge in [0.25, 0.3) is 0 Å². The zero-order chi connectivity index (χ0) is 15.5. The van der Waals surface area contributed by atoms with E-state index in [2.05, 4.69) is 4.72 Å². The number of hydrogen-bond acceptors (Lipinski definition) is 3. The lowest BCUT2D eigenvalue weighted by Gasteiger charge is -2.13. The van der Waals surface area contributed by atoms with Gasteiger partial charge in [0.05, 0.1) is 12.0 Å². The van der Waals surface area contributed by atoms with Crippen LogP contribution < -0.4 is 9.46 Å². The molecule has 0 saturated heterocycles. The molecule has 0 fully saturated rings. The average Bonchev–Trinajstić information content (AvgIpc) is 2.49. The Hall–Kier alpha value is -1.85. The topological polar surface area (TPSA) is 55.4 Å². The van der Waals surface area contributed by atoms with Crippen molar-refractivity contribution in [3.8, 4) is 5.75 Å². The van der Waals surface area contributed by atoms with Gasteiger partial charge in [-0.15, -0.1) is 0 Å². The zero-order valence-corrected chi connectivity index (χ0v) is 13.2. The molecule has 0 bridgehead atoms. The van der Waals surface area contributed by atoms with Gasteiger partial charge in [-0.3, -0.25) is 0 Å². The van der Waals surface area contributed by atoms with Crippen molar-refractivity contribution in [1.82, 2.24) is 4.72 Å². The zero-order valence-electron chi connectivity index (χ0n) is 12.4. The smallest absolute Gasteiger partial charge is 0.240 e. The van der Waals surface area contributed by atoms with E-state index in [-0.39, 0.29) is 11.4 Å². The lowest BCUT2D eigenvalue weighted by atomic mass is 10.1. The van der Waals surface area contributed by atoms with Crippen LogP contribution in [0.25, 0.3) is 0 Å². The Morgan fingerprint density at radius 2 is 1.67 bits per heavy atom. The first-order valence-electron chi connectivity index (χ1n) is 6.63. The third-order valence-corrected chi connectivity index (χ3v) is 4.82. The first kappa shape index (κ1) is 15.5. The van der Waals surface area contributed by atoms with Crippen molar-refractivity contribution in [3.05, 3.63) is 59.2 Å². The molecule has 0 aliphatic heterocycles. The number of methoxy groups -OCH3 is 1. The van der Waals surface area contributed by atoms with Crippen molar-refractivity contribution in [1.29, 1.82) is 0 Å². The van der Waals surface area contributed by atoms with Gasteiger partial charge in [-0.25, -0.2) is 13.1 Å². The van der Waals surface area contributed by atoms with Gasteiger partial charge in [-0.1, -0.05) is 24.3 Å². The predicted molar refractivity (Wildman–Crippen MR) is 82.9 cm³/mol. The summed E-state index contributed by atoms with van der Waals surface area (Å²) < 4.78 is 32.3. The highest BCUT2D eigenvalue weighted by Crippen LogP contribution is 2.23. The largest absolute Gasteiger partial charge is 0.496 e. The maximum atomic E-state index is 12.2. The fourth-order valence-corrected chi connectivity index (χ4v) is 3.06. The van der Waals surface area contributed by atoms with Crippen molar-refractivity contribution in [2.24, 2.45) is 0 Å². The molecule has 0 aromatic heterocycles. The normalized spacial score (nSPS) is 11.4. The van der Waals surface area contributed by atoms with Crippen LogP contribution in [0.3, 0.4) is 0 Å². The highest BCUT2D eigenvalue weighted by molar-refractivity contribution is 7.89. The summed E-state index contributed by atoms with van der Waals surface area (Å²) in [5, 5.41) is 0. The summed E-state index contributed by atoms with van der Waals surface area (Å²) in [5.74, 6) is 0.689. The molecule has 4 nitrogen and oxygen atoms in total. The van der Waals surface area contributed by atoms with Crippen LogP contribution in [0.5, 0.6) is 5.75 Å². The van der Waals surface area contributed by atoms with Gasteiger partial charge in [0, 0.05) is 12.1 Å². The predicted octanol–water partition coefficient (Wildman–Crippen LogP) is 2.79. The Kier molecular flexibility index (Phi) is 4.65. The molecule has 0 aliphatic rings. The monoisotopic (exact) mass is 305 g/mol. The molecule has 0 amide bonds. The van der Waals surface area contributed by atoms with Crippen molar-refractivity contribution < 1.29 is 13.2 Å². The van der Waals surface area contributed by atoms with Crippen LogP contribution in [0.1, 0.15) is 16.7 Å². The maximum absolute atomic E-state index is 12.2. The van der Waals surface area contributed by atoms with Crippen LogP contribution in [0, 0.1) is 13.8 Å². The quantitative estimate of drug-likeness (QED) is 0.924. The Morgan fingerprint density at radius 3 is 2.29 bits per heavy atom. The van der Waals surface area contributed by atoms with Crippen molar-refractivity contribution in [2.75, 3.05) is 7.11 Å². The minimum atomic E-state index is -3.51. The molecular weight excluding hydrogens is 286 g/mol. The van der Waals surface area contributed by atoms with Crippen LogP contribution in [0.2, 0.25) is 0 Å². The molecule has 1 N–H and O–H groups in total. The van der Waals surface area contributed by atoms with Gasteiger partial charge >= 0.3 is 0 Å². The molecule has 0 spiro atoms. The number of benzene rings is 2. The van der Waals surface area contributed by atoms with Crippen LogP contribution >= 0.6 is 0 Å². The SMILES string of the molecule is COc1cc(C)c(C)cc1CNS(=O)(=O)c1ccccc1. The summed E-state index contributed by atoms with van der Waals surface area (Å²) in [4.78, 5) is 0.257. The summed E-state index contributed by atoms with van der Waals surface area (Å²) in [5.41, 5.74) is 3.03. The van der Waals surface area contributed by atoms with Crippen LogP contribution in [0.15, 0.2) is 47.4 Å². The molecule has 2 rings (SSSR count). The standard InChI is InChI=1S/C16H19NO3S/c1-12-9-14(16(20-3)10-13(12)2)11-17-21(18,19)15-7-5-4-6-8-15/h4-10,17H,11H2,1-3H3. The number of aryl methyl sites for hydroxylation is 2. The second-order valence-electron chi connectivity index (χ2n) is 4.89. The molecule has 5 heteroatoms. The van der Waals surface area contributed by atoms with Gasteiger partial charge in [-0.2, -0.15) is 0 Å². The first-order valence-corrected chi connectivity index (χ1v) is 8.11. The van der Waals surface area contributed by atoms with E-state index in [0.717, 1.165) is 16.7 Å². The van der Waals surface area contributed by atoms with Crippen molar-refractivity contribution in [2.45, 2.75) is 25.3 Å². The summed E-state index contributed by atoms with van der Waals surface area (Å²) in [7, 11) is -1.93. The van der Waals surface area contributed by atoms with E-state index in [1.54, 1.807) is 37.4 Å². The first-order chi connectivity index (χ1) is 9.94. The summed E-state index contributed by atoms with van der Waals surface area (Å²) >= 11 is 0. The van der Waals surface area contributed by atoms with E-state index in [0.29, 0.717) is 5.75 Å². The molecule has 0 saturated carbocycles. The van der Waals surface area contributed by atoms with Crippen LogP contribution in [0.4, 0.5) is 0 Å². The van der Waals surface area contributed by atoms with Crippen LogP contribution in [-0.4, -0.2) is 15.5 Å². The molecule has 0 unspecified atom stereocenters. The van der Waals surface area contributed by atoms with E-state index in [1.807, 2.05) is 26.0 Å². The highest BCUT2D eigenvalue weighted by atomic mass is 32.2. The number of nitrogens with one attached hydrogen (secondary N) is 1. The number of ether oxygens (including phenoxy) is 1. The third-order valence-electron chi connectivity index (χ3n) is 3.40. The van der Waals surface area contributed by atoms with Gasteiger partial charge in [0.2, 0.25) is 10.0 Å². The maximum Gasteiger partial charge on any atom is 0.240 e. The number of hydrogen-bond donors (Lipinski definition) is 1.